The van der Waals surface area contributed by atoms with Gasteiger partial charge in [-0.3, -0.25) is 4.79 Å². The quantitative estimate of drug-likeness (QED) is 0.554. The van der Waals surface area contributed by atoms with E-state index in [1.165, 1.54) is 13.2 Å². The lowest BCUT2D eigenvalue weighted by molar-refractivity contribution is -0.132. The van der Waals surface area contributed by atoms with E-state index in [2.05, 4.69) is 19.9 Å². The van der Waals surface area contributed by atoms with Crippen molar-refractivity contribution in [1.29, 1.82) is 0 Å². The van der Waals surface area contributed by atoms with E-state index in [9.17, 15) is 9.18 Å². The Kier molecular flexibility index (Phi) is 5.86. The van der Waals surface area contributed by atoms with Gasteiger partial charge < -0.3 is 15.4 Å². The topological polar surface area (TPSA) is 107 Å². The van der Waals surface area contributed by atoms with Crippen LogP contribution in [0.15, 0.2) is 36.8 Å². The Hall–Kier alpha value is -3.62. The van der Waals surface area contributed by atoms with E-state index in [4.69, 9.17) is 10.5 Å². The van der Waals surface area contributed by atoms with Crippen LogP contribution in [0.5, 0.6) is 5.88 Å². The van der Waals surface area contributed by atoms with Gasteiger partial charge in [-0.2, -0.15) is 0 Å². The van der Waals surface area contributed by atoms with Crippen molar-refractivity contribution in [1.82, 2.24) is 24.8 Å². The Morgan fingerprint density at radius 1 is 1.31 bits per heavy atom. The number of aryl methyl sites for hydroxylation is 2. The Morgan fingerprint density at radius 3 is 2.80 bits per heavy atom. The fourth-order valence-corrected chi connectivity index (χ4v) is 5.36. The number of likely N-dealkylation sites (tertiary alicyclic amines) is 1. The van der Waals surface area contributed by atoms with Crippen molar-refractivity contribution in [3.05, 3.63) is 59.4 Å². The third-order valence-corrected chi connectivity index (χ3v) is 7.59. The summed E-state index contributed by atoms with van der Waals surface area (Å²) in [5, 5.41) is 0. The molecule has 0 aromatic carbocycles. The van der Waals surface area contributed by atoms with E-state index in [0.717, 1.165) is 48.7 Å². The third-order valence-electron chi connectivity index (χ3n) is 7.59. The predicted molar refractivity (Wildman–Crippen MR) is 129 cm³/mol. The van der Waals surface area contributed by atoms with E-state index in [-0.39, 0.29) is 17.4 Å². The molecular formula is C26H29FN6O2. The van der Waals surface area contributed by atoms with E-state index in [0.29, 0.717) is 29.6 Å². The number of rotatable bonds is 7. The molecule has 4 heterocycles. The number of hydrogen-bond donors (Lipinski definition) is 1. The molecule has 1 amide bonds. The summed E-state index contributed by atoms with van der Waals surface area (Å²) in [7, 11) is 1.47. The van der Waals surface area contributed by atoms with Gasteiger partial charge in [-0.25, -0.2) is 24.3 Å². The monoisotopic (exact) mass is 476 g/mol. The minimum atomic E-state index is -0.603. The van der Waals surface area contributed by atoms with Crippen molar-refractivity contribution >= 4 is 11.7 Å². The Labute approximate surface area is 203 Å². The van der Waals surface area contributed by atoms with Crippen LogP contribution >= 0.6 is 0 Å². The summed E-state index contributed by atoms with van der Waals surface area (Å²) >= 11 is 0. The zero-order valence-electron chi connectivity index (χ0n) is 20.2. The number of carbonyl (C=O) groups is 1. The Morgan fingerprint density at radius 2 is 2.09 bits per heavy atom. The minimum Gasteiger partial charge on any atom is -0.481 e. The fraction of sp³-hybridized carbons (Fsp3) is 0.423. The maximum atomic E-state index is 14.4. The maximum Gasteiger partial charge on any atom is 0.230 e. The van der Waals surface area contributed by atoms with E-state index >= 15 is 0 Å². The first-order valence-corrected chi connectivity index (χ1v) is 11.9. The number of pyridine rings is 2. The number of amides is 1. The number of ether oxygens (including phenoxy) is 1. The van der Waals surface area contributed by atoms with Gasteiger partial charge in [-0.1, -0.05) is 0 Å². The van der Waals surface area contributed by atoms with Gasteiger partial charge in [-0.05, 0) is 62.6 Å². The summed E-state index contributed by atoms with van der Waals surface area (Å²) in [6, 6.07) is 5.51. The molecule has 1 aliphatic carbocycles. The molecule has 0 radical (unpaired) electrons. The van der Waals surface area contributed by atoms with Gasteiger partial charge in [0.2, 0.25) is 11.8 Å². The first kappa shape index (κ1) is 23.1. The highest BCUT2D eigenvalue weighted by atomic mass is 19.1. The van der Waals surface area contributed by atoms with Crippen molar-refractivity contribution in [2.75, 3.05) is 19.4 Å². The second-order valence-corrected chi connectivity index (χ2v) is 9.57. The smallest absolute Gasteiger partial charge is 0.230 e. The molecule has 1 unspecified atom stereocenters. The molecule has 35 heavy (non-hydrogen) atoms. The number of fused-ring (bicyclic) bond motifs is 1. The Bertz CT molecular complexity index is 1270. The first-order chi connectivity index (χ1) is 16.8. The van der Waals surface area contributed by atoms with Crippen LogP contribution in [-0.4, -0.2) is 50.4 Å². The van der Waals surface area contributed by atoms with Gasteiger partial charge >= 0.3 is 0 Å². The van der Waals surface area contributed by atoms with Crippen LogP contribution < -0.4 is 10.5 Å². The molecule has 1 aliphatic heterocycles. The highest BCUT2D eigenvalue weighted by molar-refractivity contribution is 5.84. The SMILES string of the molecule is COc1cc([C@H](C)C(=O)N2CC[C@]3(CCc4cc(-c5ncccn5)c(C)nc4N)CC23)c(F)cn1. The van der Waals surface area contributed by atoms with Crippen LogP contribution in [0.3, 0.4) is 0 Å². The van der Waals surface area contributed by atoms with Crippen molar-refractivity contribution < 1.29 is 13.9 Å². The van der Waals surface area contributed by atoms with Crippen LogP contribution in [0.4, 0.5) is 10.2 Å². The summed E-state index contributed by atoms with van der Waals surface area (Å²) in [6.45, 7) is 4.33. The summed E-state index contributed by atoms with van der Waals surface area (Å²) in [4.78, 5) is 32.3. The molecule has 3 aromatic rings. The van der Waals surface area contributed by atoms with Gasteiger partial charge in [-0.15, -0.1) is 0 Å². The number of piperidine rings is 1. The number of nitrogens with zero attached hydrogens (tertiary/aromatic N) is 5. The molecule has 1 saturated heterocycles. The van der Waals surface area contributed by atoms with E-state index in [1.807, 2.05) is 17.9 Å². The molecule has 9 heteroatoms. The van der Waals surface area contributed by atoms with Crippen molar-refractivity contribution in [3.63, 3.8) is 0 Å². The zero-order valence-corrected chi connectivity index (χ0v) is 20.2. The molecule has 5 rings (SSSR count). The summed E-state index contributed by atoms with van der Waals surface area (Å²) in [6.07, 6.45) is 8.11. The normalized spacial score (nSPS) is 21.5. The number of carbonyl (C=O) groups excluding carboxylic acids is 1. The zero-order chi connectivity index (χ0) is 24.7. The molecule has 3 atom stereocenters. The molecule has 2 aliphatic rings. The van der Waals surface area contributed by atoms with E-state index in [1.54, 1.807) is 25.4 Å². The third kappa shape index (κ3) is 4.19. The Balaban J connectivity index is 1.28. The summed E-state index contributed by atoms with van der Waals surface area (Å²) in [5.41, 5.74) is 9.31. The number of aromatic nitrogens is 4. The molecule has 2 fully saturated rings. The van der Waals surface area contributed by atoms with Crippen LogP contribution in [-0.2, 0) is 11.2 Å². The van der Waals surface area contributed by atoms with Gasteiger partial charge in [0.1, 0.15) is 11.6 Å². The lowest BCUT2D eigenvalue weighted by atomic mass is 9.94. The van der Waals surface area contributed by atoms with Crippen molar-refractivity contribution in [2.45, 2.75) is 51.5 Å². The highest BCUT2D eigenvalue weighted by Crippen LogP contribution is 2.60. The molecule has 1 saturated carbocycles. The molecule has 0 spiro atoms. The second-order valence-electron chi connectivity index (χ2n) is 9.57. The minimum absolute atomic E-state index is 0.0541. The first-order valence-electron chi connectivity index (χ1n) is 11.9. The lowest BCUT2D eigenvalue weighted by Gasteiger charge is -2.23. The molecule has 3 aromatic heterocycles. The average molecular weight is 477 g/mol. The number of anilines is 1. The average Bonchev–Trinajstić information content (AvgIpc) is 3.47. The largest absolute Gasteiger partial charge is 0.481 e. The number of nitrogens with two attached hydrogens (primary N) is 1. The molecule has 182 valence electrons. The summed E-state index contributed by atoms with van der Waals surface area (Å²) in [5.74, 6) is 0.307. The summed E-state index contributed by atoms with van der Waals surface area (Å²) < 4.78 is 19.5. The lowest BCUT2D eigenvalue weighted by Crippen LogP contribution is -2.34. The number of hydrogen-bond acceptors (Lipinski definition) is 7. The molecule has 8 nitrogen and oxygen atoms in total. The number of nitrogen functional groups attached to an aromatic ring is 1. The number of methoxy groups -OCH3 is 1. The molecular weight excluding hydrogens is 447 g/mol. The van der Waals surface area contributed by atoms with E-state index < -0.39 is 11.7 Å². The van der Waals surface area contributed by atoms with Gasteiger partial charge in [0.05, 0.1) is 24.9 Å². The van der Waals surface area contributed by atoms with Crippen LogP contribution in [0.25, 0.3) is 11.4 Å². The van der Waals surface area contributed by atoms with Gasteiger partial charge in [0, 0.05) is 42.2 Å². The van der Waals surface area contributed by atoms with Gasteiger partial charge in [0.15, 0.2) is 5.82 Å². The van der Waals surface area contributed by atoms with Crippen LogP contribution in [0, 0.1) is 18.2 Å². The second kappa shape index (κ2) is 8.87. The van der Waals surface area contributed by atoms with Crippen molar-refractivity contribution in [3.8, 4) is 17.3 Å². The van der Waals surface area contributed by atoms with Crippen LogP contribution in [0.2, 0.25) is 0 Å². The van der Waals surface area contributed by atoms with Crippen LogP contribution in [0.1, 0.15) is 48.9 Å². The highest BCUT2D eigenvalue weighted by Gasteiger charge is 2.61. The number of halogens is 1. The predicted octanol–water partition coefficient (Wildman–Crippen LogP) is 3.70. The fourth-order valence-electron chi connectivity index (χ4n) is 5.36. The maximum absolute atomic E-state index is 14.4. The van der Waals surface area contributed by atoms with Gasteiger partial charge in [0.25, 0.3) is 0 Å². The standard InChI is InChI=1S/C26H29FN6O2/c1-15(18-12-22(35-3)31-14-20(18)27)25(34)33-10-7-26(13-21(26)33)6-5-17-11-19(16(2)32-23(17)28)24-29-8-4-9-30-24/h4,8-9,11-12,14-15,21H,5-7,10,13H2,1-3H3,(H2,28,32)/t15-,21?,26+/m0/s1. The molecule has 2 N–H and O–H groups in total. The molecule has 0 bridgehead atoms. The van der Waals surface area contributed by atoms with Crippen molar-refractivity contribution in [2.24, 2.45) is 5.41 Å².